The van der Waals surface area contributed by atoms with Gasteiger partial charge in [-0.05, 0) is 31.5 Å². The summed E-state index contributed by atoms with van der Waals surface area (Å²) in [7, 11) is 1.22. The first kappa shape index (κ1) is 11.2. The van der Waals surface area contributed by atoms with E-state index in [1.165, 1.54) is 26.2 Å². The van der Waals surface area contributed by atoms with E-state index in [0.29, 0.717) is 11.1 Å². The highest BCUT2D eigenvalue weighted by atomic mass is 16.5. The molecule has 1 aromatic carbocycles. The zero-order chi connectivity index (χ0) is 11.6. The minimum Gasteiger partial charge on any atom is -0.507 e. The maximum Gasteiger partial charge on any atom is 0.341 e. The molecule has 0 radical (unpaired) electrons. The number of Topliss-reactive ketones (excluding diaryl/α,β-unsaturated/α-hetero) is 1. The zero-order valence-corrected chi connectivity index (χ0v) is 8.83. The van der Waals surface area contributed by atoms with Gasteiger partial charge < -0.3 is 9.84 Å². The summed E-state index contributed by atoms with van der Waals surface area (Å²) < 4.78 is 4.52. The number of ketones is 1. The number of methoxy groups -OCH3 is 1. The fourth-order valence-electron chi connectivity index (χ4n) is 1.44. The topological polar surface area (TPSA) is 63.6 Å². The minimum atomic E-state index is -0.645. The normalized spacial score (nSPS) is 9.80. The smallest absolute Gasteiger partial charge is 0.341 e. The molecule has 0 atom stereocenters. The van der Waals surface area contributed by atoms with Crippen LogP contribution in [0.1, 0.15) is 33.2 Å². The van der Waals surface area contributed by atoms with Crippen LogP contribution in [-0.4, -0.2) is 24.0 Å². The van der Waals surface area contributed by atoms with Gasteiger partial charge in [-0.2, -0.15) is 0 Å². The molecular formula is C11H12O4. The number of ether oxygens (including phenoxy) is 1. The van der Waals surface area contributed by atoms with Crippen LogP contribution in [-0.2, 0) is 4.74 Å². The Bertz CT molecular complexity index is 421. The molecule has 0 amide bonds. The molecule has 0 fully saturated rings. The van der Waals surface area contributed by atoms with Crippen LogP contribution in [0.25, 0.3) is 0 Å². The molecule has 0 aliphatic heterocycles. The van der Waals surface area contributed by atoms with Crippen molar-refractivity contribution in [1.82, 2.24) is 0 Å². The fourth-order valence-corrected chi connectivity index (χ4v) is 1.44. The van der Waals surface area contributed by atoms with E-state index in [1.54, 1.807) is 6.92 Å². The number of carbonyl (C=O) groups is 2. The van der Waals surface area contributed by atoms with Crippen LogP contribution in [0.2, 0.25) is 0 Å². The van der Waals surface area contributed by atoms with Crippen molar-refractivity contribution in [3.63, 3.8) is 0 Å². The Hall–Kier alpha value is -1.84. The molecule has 0 saturated carbocycles. The summed E-state index contributed by atoms with van der Waals surface area (Å²) >= 11 is 0. The number of rotatable bonds is 2. The van der Waals surface area contributed by atoms with Crippen LogP contribution in [0, 0.1) is 6.92 Å². The molecule has 1 aromatic rings. The van der Waals surface area contributed by atoms with E-state index in [0.717, 1.165) is 0 Å². The van der Waals surface area contributed by atoms with Gasteiger partial charge in [-0.25, -0.2) is 4.79 Å². The first-order valence-electron chi connectivity index (χ1n) is 4.40. The lowest BCUT2D eigenvalue weighted by Crippen LogP contribution is -2.08. The molecule has 0 unspecified atom stereocenters. The van der Waals surface area contributed by atoms with Gasteiger partial charge in [0.05, 0.1) is 7.11 Å². The molecule has 0 heterocycles. The zero-order valence-electron chi connectivity index (χ0n) is 8.83. The SMILES string of the molecule is COC(=O)c1c(O)ccc(C(C)=O)c1C. The van der Waals surface area contributed by atoms with E-state index in [2.05, 4.69) is 4.74 Å². The highest BCUT2D eigenvalue weighted by molar-refractivity contribution is 6.01. The van der Waals surface area contributed by atoms with Crippen molar-refractivity contribution in [3.05, 3.63) is 28.8 Å². The molecule has 4 heteroatoms. The Balaban J connectivity index is 3.43. The monoisotopic (exact) mass is 208 g/mol. The van der Waals surface area contributed by atoms with E-state index in [1.807, 2.05) is 0 Å². The largest absolute Gasteiger partial charge is 0.507 e. The Labute approximate surface area is 87.5 Å². The first-order chi connectivity index (χ1) is 6.99. The van der Waals surface area contributed by atoms with Crippen LogP contribution >= 0.6 is 0 Å². The molecule has 4 nitrogen and oxygen atoms in total. The number of hydrogen-bond acceptors (Lipinski definition) is 4. The van der Waals surface area contributed by atoms with Gasteiger partial charge in [-0.3, -0.25) is 4.79 Å². The third-order valence-corrected chi connectivity index (χ3v) is 2.21. The number of phenolic OH excluding ortho intramolecular Hbond substituents is 1. The summed E-state index contributed by atoms with van der Waals surface area (Å²) in [4.78, 5) is 22.5. The maximum atomic E-state index is 11.3. The quantitative estimate of drug-likeness (QED) is 0.593. The summed E-state index contributed by atoms with van der Waals surface area (Å²) in [5.41, 5.74) is 0.896. The summed E-state index contributed by atoms with van der Waals surface area (Å²) in [5.74, 6) is -0.977. The summed E-state index contributed by atoms with van der Waals surface area (Å²) in [6.45, 7) is 3.00. The van der Waals surface area contributed by atoms with Crippen molar-refractivity contribution in [2.45, 2.75) is 13.8 Å². The third kappa shape index (κ3) is 1.98. The van der Waals surface area contributed by atoms with Gasteiger partial charge >= 0.3 is 5.97 Å². The van der Waals surface area contributed by atoms with Gasteiger partial charge in [0, 0.05) is 5.56 Å². The lowest BCUT2D eigenvalue weighted by atomic mass is 9.99. The fraction of sp³-hybridized carbons (Fsp3) is 0.273. The van der Waals surface area contributed by atoms with Crippen molar-refractivity contribution in [1.29, 1.82) is 0 Å². The van der Waals surface area contributed by atoms with Crippen molar-refractivity contribution in [2.75, 3.05) is 7.11 Å². The van der Waals surface area contributed by atoms with E-state index in [-0.39, 0.29) is 17.1 Å². The van der Waals surface area contributed by atoms with E-state index in [9.17, 15) is 14.7 Å². The van der Waals surface area contributed by atoms with Crippen molar-refractivity contribution >= 4 is 11.8 Å². The van der Waals surface area contributed by atoms with Gasteiger partial charge in [-0.15, -0.1) is 0 Å². The number of benzene rings is 1. The van der Waals surface area contributed by atoms with Crippen LogP contribution in [0.3, 0.4) is 0 Å². The molecule has 0 aliphatic rings. The number of phenols is 1. The second-order valence-electron chi connectivity index (χ2n) is 3.18. The van der Waals surface area contributed by atoms with Crippen LogP contribution in [0.5, 0.6) is 5.75 Å². The Kier molecular flexibility index (Phi) is 3.09. The van der Waals surface area contributed by atoms with Gasteiger partial charge in [-0.1, -0.05) is 0 Å². The van der Waals surface area contributed by atoms with Crippen molar-refractivity contribution < 1.29 is 19.4 Å². The van der Waals surface area contributed by atoms with Gasteiger partial charge in [0.2, 0.25) is 0 Å². The molecular weight excluding hydrogens is 196 g/mol. The number of esters is 1. The standard InChI is InChI=1S/C11H12O4/c1-6-8(7(2)12)4-5-9(13)10(6)11(14)15-3/h4-5,13H,1-3H3. The van der Waals surface area contributed by atoms with Crippen molar-refractivity contribution in [3.8, 4) is 5.75 Å². The maximum absolute atomic E-state index is 11.3. The Morgan fingerprint density at radius 2 is 1.93 bits per heavy atom. The van der Waals surface area contributed by atoms with Crippen molar-refractivity contribution in [2.24, 2.45) is 0 Å². The van der Waals surface area contributed by atoms with Crippen LogP contribution < -0.4 is 0 Å². The predicted octanol–water partition coefficient (Wildman–Crippen LogP) is 1.69. The van der Waals surface area contributed by atoms with Gasteiger partial charge in [0.1, 0.15) is 11.3 Å². The molecule has 0 saturated heterocycles. The Morgan fingerprint density at radius 3 is 2.40 bits per heavy atom. The second-order valence-corrected chi connectivity index (χ2v) is 3.18. The van der Waals surface area contributed by atoms with Crippen LogP contribution in [0.4, 0.5) is 0 Å². The van der Waals surface area contributed by atoms with Gasteiger partial charge in [0.25, 0.3) is 0 Å². The summed E-state index contributed by atoms with van der Waals surface area (Å²) in [6, 6.07) is 2.80. The molecule has 1 N–H and O–H groups in total. The molecule has 0 bridgehead atoms. The second kappa shape index (κ2) is 4.13. The van der Waals surface area contributed by atoms with Gasteiger partial charge in [0.15, 0.2) is 5.78 Å². The highest BCUT2D eigenvalue weighted by Gasteiger charge is 2.18. The van der Waals surface area contributed by atoms with E-state index < -0.39 is 5.97 Å². The third-order valence-electron chi connectivity index (χ3n) is 2.21. The lowest BCUT2D eigenvalue weighted by molar-refractivity contribution is 0.0596. The summed E-state index contributed by atoms with van der Waals surface area (Å²) in [6.07, 6.45) is 0. The molecule has 0 spiro atoms. The first-order valence-corrected chi connectivity index (χ1v) is 4.40. The Morgan fingerprint density at radius 1 is 1.33 bits per heavy atom. The van der Waals surface area contributed by atoms with Crippen LogP contribution in [0.15, 0.2) is 12.1 Å². The molecule has 0 aromatic heterocycles. The van der Waals surface area contributed by atoms with E-state index >= 15 is 0 Å². The molecule has 1 rings (SSSR count). The molecule has 0 aliphatic carbocycles. The number of hydrogen-bond donors (Lipinski definition) is 1. The summed E-state index contributed by atoms with van der Waals surface area (Å²) in [5, 5.41) is 9.49. The molecule has 80 valence electrons. The highest BCUT2D eigenvalue weighted by Crippen LogP contribution is 2.24. The number of aromatic hydroxyl groups is 1. The van der Waals surface area contributed by atoms with E-state index in [4.69, 9.17) is 0 Å². The molecule has 15 heavy (non-hydrogen) atoms. The average Bonchev–Trinajstić information content (AvgIpc) is 2.16. The average molecular weight is 208 g/mol. The number of carbonyl (C=O) groups excluding carboxylic acids is 2. The predicted molar refractivity (Wildman–Crippen MR) is 54.2 cm³/mol. The minimum absolute atomic E-state index is 0.0465. The lowest BCUT2D eigenvalue weighted by Gasteiger charge is -2.09.